The van der Waals surface area contributed by atoms with Gasteiger partial charge in [0.2, 0.25) is 5.56 Å². The molecule has 0 radical (unpaired) electrons. The van der Waals surface area contributed by atoms with Crippen molar-refractivity contribution >= 4 is 23.3 Å². The maximum atomic E-state index is 11.3. The van der Waals surface area contributed by atoms with Gasteiger partial charge in [-0.05, 0) is 30.7 Å². The number of pyridine rings is 1. The van der Waals surface area contributed by atoms with Crippen molar-refractivity contribution in [3.05, 3.63) is 40.2 Å². The number of phenols is 1. The Kier molecular flexibility index (Phi) is 6.01. The lowest BCUT2D eigenvalue weighted by atomic mass is 10.0. The van der Waals surface area contributed by atoms with Crippen LogP contribution in [0.2, 0.25) is 0 Å². The predicted molar refractivity (Wildman–Crippen MR) is 81.6 cm³/mol. The molecule has 20 heavy (non-hydrogen) atoms. The second-order valence-corrected chi connectivity index (χ2v) is 4.47. The lowest BCUT2D eigenvalue weighted by Crippen LogP contribution is -2.25. The first-order valence-corrected chi connectivity index (χ1v) is 6.36. The first kappa shape index (κ1) is 16.5. The molecule has 0 spiro atoms. The molecule has 4 N–H and O–H groups in total. The number of phenolic OH excluding ortho intramolecular Hbond substituents is 1. The van der Waals surface area contributed by atoms with Crippen LogP contribution in [0, 0.1) is 0 Å². The summed E-state index contributed by atoms with van der Waals surface area (Å²) in [4.78, 5) is 13.9. The molecular weight excluding hydrogens is 280 g/mol. The minimum atomic E-state index is -0.262. The molecule has 0 saturated heterocycles. The molecular formula is C14H19ClN2O3. The number of aliphatic hydroxyl groups is 1. The van der Waals surface area contributed by atoms with E-state index < -0.39 is 0 Å². The van der Waals surface area contributed by atoms with Crippen molar-refractivity contribution in [1.29, 1.82) is 0 Å². The number of hydrogen-bond donors (Lipinski definition) is 4. The van der Waals surface area contributed by atoms with E-state index in [9.17, 15) is 15.0 Å². The zero-order chi connectivity index (χ0) is 13.8. The fourth-order valence-electron chi connectivity index (χ4n) is 2.15. The molecule has 1 heterocycles. The maximum absolute atomic E-state index is 11.3. The van der Waals surface area contributed by atoms with E-state index in [1.54, 1.807) is 12.1 Å². The Morgan fingerprint density at radius 1 is 1.30 bits per heavy atom. The monoisotopic (exact) mass is 298 g/mol. The number of fused-ring (bicyclic) bond motifs is 1. The quantitative estimate of drug-likeness (QED) is 0.677. The summed E-state index contributed by atoms with van der Waals surface area (Å²) in [5.74, 6) is 0.0311. The molecule has 1 aromatic heterocycles. The average molecular weight is 299 g/mol. The van der Waals surface area contributed by atoms with Gasteiger partial charge in [0.25, 0.3) is 0 Å². The van der Waals surface area contributed by atoms with Crippen LogP contribution in [-0.4, -0.2) is 28.3 Å². The summed E-state index contributed by atoms with van der Waals surface area (Å²) < 4.78 is 0. The molecule has 5 nitrogen and oxygen atoms in total. The van der Waals surface area contributed by atoms with Gasteiger partial charge in [-0.1, -0.05) is 13.0 Å². The van der Waals surface area contributed by atoms with Crippen LogP contribution in [0.25, 0.3) is 10.9 Å². The van der Waals surface area contributed by atoms with Crippen molar-refractivity contribution in [2.45, 2.75) is 19.4 Å². The molecule has 6 heteroatoms. The lowest BCUT2D eigenvalue weighted by molar-refractivity contribution is 0.245. The van der Waals surface area contributed by atoms with Crippen LogP contribution < -0.4 is 10.9 Å². The molecule has 0 amide bonds. The molecule has 110 valence electrons. The van der Waals surface area contributed by atoms with E-state index in [0.29, 0.717) is 5.52 Å². The van der Waals surface area contributed by atoms with Gasteiger partial charge >= 0.3 is 0 Å². The second kappa shape index (κ2) is 7.28. The Balaban J connectivity index is 0.00000200. The van der Waals surface area contributed by atoms with Crippen molar-refractivity contribution < 1.29 is 10.2 Å². The van der Waals surface area contributed by atoms with Gasteiger partial charge in [-0.3, -0.25) is 4.79 Å². The van der Waals surface area contributed by atoms with Crippen LogP contribution in [0.3, 0.4) is 0 Å². The van der Waals surface area contributed by atoms with E-state index in [4.69, 9.17) is 0 Å². The van der Waals surface area contributed by atoms with Gasteiger partial charge in [-0.25, -0.2) is 0 Å². The molecule has 2 aromatic rings. The summed E-state index contributed by atoms with van der Waals surface area (Å²) in [5.41, 5.74) is 1.00. The van der Waals surface area contributed by atoms with Gasteiger partial charge in [0.15, 0.2) is 0 Å². The summed E-state index contributed by atoms with van der Waals surface area (Å²) in [5, 5.41) is 23.3. The zero-order valence-electron chi connectivity index (χ0n) is 11.2. The molecule has 1 aromatic carbocycles. The number of halogens is 1. The minimum absolute atomic E-state index is 0. The average Bonchev–Trinajstić information content (AvgIpc) is 2.42. The van der Waals surface area contributed by atoms with Gasteiger partial charge in [0.05, 0.1) is 18.2 Å². The summed E-state index contributed by atoms with van der Waals surface area (Å²) in [7, 11) is 0. The van der Waals surface area contributed by atoms with Crippen LogP contribution in [0.5, 0.6) is 5.75 Å². The molecule has 0 aliphatic heterocycles. The van der Waals surface area contributed by atoms with E-state index >= 15 is 0 Å². The zero-order valence-corrected chi connectivity index (χ0v) is 12.0. The predicted octanol–water partition coefficient (Wildman–Crippen LogP) is 1.69. The molecule has 0 fully saturated rings. The molecule has 1 unspecified atom stereocenters. The normalized spacial score (nSPS) is 12.1. The van der Waals surface area contributed by atoms with E-state index in [1.807, 2.05) is 6.92 Å². The van der Waals surface area contributed by atoms with Crippen LogP contribution in [0.15, 0.2) is 29.1 Å². The molecule has 0 aliphatic rings. The molecule has 1 atom stereocenters. The summed E-state index contributed by atoms with van der Waals surface area (Å²) in [6, 6.07) is 6.16. The SMILES string of the molecule is CCCNC(CO)c1ccc(O)c2[nH]c(=O)ccc12.Cl. The first-order valence-electron chi connectivity index (χ1n) is 6.36. The third-order valence-electron chi connectivity index (χ3n) is 3.11. The highest BCUT2D eigenvalue weighted by Gasteiger charge is 2.14. The van der Waals surface area contributed by atoms with Gasteiger partial charge in [0.1, 0.15) is 5.75 Å². The first-order chi connectivity index (χ1) is 9.17. The van der Waals surface area contributed by atoms with Crippen LogP contribution >= 0.6 is 12.4 Å². The number of aromatic amines is 1. The number of aromatic nitrogens is 1. The number of rotatable bonds is 5. The Hall–Kier alpha value is -1.56. The van der Waals surface area contributed by atoms with E-state index in [0.717, 1.165) is 23.9 Å². The maximum Gasteiger partial charge on any atom is 0.248 e. The van der Waals surface area contributed by atoms with Crippen molar-refractivity contribution in [2.24, 2.45) is 0 Å². The molecule has 0 bridgehead atoms. The van der Waals surface area contributed by atoms with E-state index in [2.05, 4.69) is 10.3 Å². The Morgan fingerprint density at radius 2 is 2.05 bits per heavy atom. The topological polar surface area (TPSA) is 85.3 Å². The van der Waals surface area contributed by atoms with Crippen molar-refractivity contribution in [2.75, 3.05) is 13.2 Å². The minimum Gasteiger partial charge on any atom is -0.506 e. The Labute approximate surface area is 123 Å². The smallest absolute Gasteiger partial charge is 0.248 e. The molecule has 0 saturated carbocycles. The summed E-state index contributed by atoms with van der Waals surface area (Å²) in [6.07, 6.45) is 0.962. The number of H-pyrrole nitrogens is 1. The van der Waals surface area contributed by atoms with Crippen LogP contribution in [-0.2, 0) is 0 Å². The number of benzene rings is 1. The third kappa shape index (κ3) is 3.30. The highest BCUT2D eigenvalue weighted by molar-refractivity contribution is 5.87. The Bertz CT molecular complexity index is 627. The highest BCUT2D eigenvalue weighted by Crippen LogP contribution is 2.28. The summed E-state index contributed by atoms with van der Waals surface area (Å²) in [6.45, 7) is 2.80. The van der Waals surface area contributed by atoms with Crippen molar-refractivity contribution in [3.8, 4) is 5.75 Å². The van der Waals surface area contributed by atoms with Crippen LogP contribution in [0.4, 0.5) is 0 Å². The van der Waals surface area contributed by atoms with Gasteiger partial charge in [-0.2, -0.15) is 0 Å². The number of aliphatic hydroxyl groups excluding tert-OH is 1. The largest absolute Gasteiger partial charge is 0.506 e. The highest BCUT2D eigenvalue weighted by atomic mass is 35.5. The number of nitrogens with one attached hydrogen (secondary N) is 2. The third-order valence-corrected chi connectivity index (χ3v) is 3.11. The number of aromatic hydroxyl groups is 1. The standard InChI is InChI=1S/C14H18N2O3.ClH/c1-2-7-15-11(8-17)9-3-5-12(18)14-10(9)4-6-13(19)16-14;/h3-6,11,15,17-18H,2,7-8H2,1H3,(H,16,19);1H. The number of hydrogen-bond acceptors (Lipinski definition) is 4. The summed E-state index contributed by atoms with van der Waals surface area (Å²) >= 11 is 0. The van der Waals surface area contributed by atoms with Crippen molar-refractivity contribution in [3.63, 3.8) is 0 Å². The van der Waals surface area contributed by atoms with Crippen molar-refractivity contribution in [1.82, 2.24) is 10.3 Å². The Morgan fingerprint density at radius 3 is 2.70 bits per heavy atom. The van der Waals surface area contributed by atoms with Crippen LogP contribution in [0.1, 0.15) is 24.9 Å². The van der Waals surface area contributed by atoms with Gasteiger partial charge in [0, 0.05) is 11.5 Å². The fourth-order valence-corrected chi connectivity index (χ4v) is 2.15. The van der Waals surface area contributed by atoms with Gasteiger partial charge < -0.3 is 20.5 Å². The molecule has 2 rings (SSSR count). The van der Waals surface area contributed by atoms with E-state index in [-0.39, 0.29) is 36.4 Å². The fraction of sp³-hybridized carbons (Fsp3) is 0.357. The van der Waals surface area contributed by atoms with Gasteiger partial charge in [-0.15, -0.1) is 12.4 Å². The van der Waals surface area contributed by atoms with E-state index in [1.165, 1.54) is 12.1 Å². The molecule has 0 aliphatic carbocycles. The second-order valence-electron chi connectivity index (χ2n) is 4.47. The lowest BCUT2D eigenvalue weighted by Gasteiger charge is -2.18.